The van der Waals surface area contributed by atoms with Crippen LogP contribution in [-0.2, 0) is 4.79 Å². The fourth-order valence-electron chi connectivity index (χ4n) is 2.45. The summed E-state index contributed by atoms with van der Waals surface area (Å²) in [4.78, 5) is 11.3. The van der Waals surface area contributed by atoms with Crippen LogP contribution in [0.15, 0.2) is 36.4 Å². The Morgan fingerprint density at radius 2 is 1.76 bits per heavy atom. The molecule has 1 saturated carbocycles. The first-order chi connectivity index (χ1) is 8.27. The molecule has 2 nitrogen and oxygen atoms in total. The molecule has 0 amide bonds. The average molecular weight is 230 g/mol. The van der Waals surface area contributed by atoms with Gasteiger partial charge in [0.15, 0.2) is 0 Å². The first kappa shape index (κ1) is 11.9. The van der Waals surface area contributed by atoms with Crippen molar-refractivity contribution < 1.29 is 9.90 Å². The Hall–Kier alpha value is -1.57. The van der Waals surface area contributed by atoms with Crippen LogP contribution in [0.4, 0.5) is 0 Å². The van der Waals surface area contributed by atoms with Gasteiger partial charge in [-0.1, -0.05) is 55.7 Å². The van der Waals surface area contributed by atoms with Gasteiger partial charge in [-0.2, -0.15) is 0 Å². The Balaban J connectivity index is 2.22. The minimum Gasteiger partial charge on any atom is -0.478 e. The fraction of sp³-hybridized carbons (Fsp3) is 0.400. The third kappa shape index (κ3) is 3.19. The van der Waals surface area contributed by atoms with Gasteiger partial charge in [-0.25, -0.2) is 4.79 Å². The molecule has 1 aromatic rings. The van der Waals surface area contributed by atoms with E-state index in [-0.39, 0.29) is 0 Å². The molecule has 90 valence electrons. The maximum atomic E-state index is 11.3. The molecular formula is C15H18O2. The summed E-state index contributed by atoms with van der Waals surface area (Å²) >= 11 is 0. The lowest BCUT2D eigenvalue weighted by atomic mass is 9.87. The molecule has 0 aromatic heterocycles. The van der Waals surface area contributed by atoms with Crippen LogP contribution in [0.3, 0.4) is 0 Å². The minimum atomic E-state index is -0.818. The van der Waals surface area contributed by atoms with Crippen LogP contribution in [0.25, 0.3) is 5.57 Å². The van der Waals surface area contributed by atoms with Gasteiger partial charge in [-0.15, -0.1) is 0 Å². The Bertz CT molecular complexity index is 400. The van der Waals surface area contributed by atoms with E-state index in [0.29, 0.717) is 11.5 Å². The Morgan fingerprint density at radius 1 is 1.12 bits per heavy atom. The zero-order valence-electron chi connectivity index (χ0n) is 9.93. The number of hydrogen-bond donors (Lipinski definition) is 1. The first-order valence-corrected chi connectivity index (χ1v) is 6.28. The standard InChI is InChI=1S/C15H18O2/c16-15(17)14(13-9-5-2-6-10-13)11-12-7-3-1-4-8-12/h2,5-6,9-12H,1,3-4,7-8H2,(H,16,17)/b14-11+. The smallest absolute Gasteiger partial charge is 0.335 e. The second kappa shape index (κ2) is 5.67. The van der Waals surface area contributed by atoms with E-state index in [9.17, 15) is 9.90 Å². The second-order valence-electron chi connectivity index (χ2n) is 4.65. The lowest BCUT2D eigenvalue weighted by Crippen LogP contribution is -2.07. The highest BCUT2D eigenvalue weighted by atomic mass is 16.4. The van der Waals surface area contributed by atoms with Gasteiger partial charge in [0, 0.05) is 0 Å². The van der Waals surface area contributed by atoms with Crippen molar-refractivity contribution in [2.24, 2.45) is 5.92 Å². The summed E-state index contributed by atoms with van der Waals surface area (Å²) in [5.41, 5.74) is 1.27. The van der Waals surface area contributed by atoms with Crippen LogP contribution in [0.1, 0.15) is 37.7 Å². The van der Waals surface area contributed by atoms with E-state index in [2.05, 4.69) is 0 Å². The van der Waals surface area contributed by atoms with Gasteiger partial charge in [0.05, 0.1) is 5.57 Å². The van der Waals surface area contributed by atoms with Crippen LogP contribution < -0.4 is 0 Å². The monoisotopic (exact) mass is 230 g/mol. The highest BCUT2D eigenvalue weighted by molar-refractivity contribution is 6.15. The summed E-state index contributed by atoms with van der Waals surface area (Å²) in [5.74, 6) is -0.378. The van der Waals surface area contributed by atoms with Crippen LogP contribution in [-0.4, -0.2) is 11.1 Å². The van der Waals surface area contributed by atoms with Crippen molar-refractivity contribution in [2.45, 2.75) is 32.1 Å². The number of aliphatic carboxylic acids is 1. The summed E-state index contributed by atoms with van der Waals surface area (Å²) in [6.07, 6.45) is 7.95. The summed E-state index contributed by atoms with van der Waals surface area (Å²) in [5, 5.41) is 9.29. The number of hydrogen-bond acceptors (Lipinski definition) is 1. The molecule has 2 rings (SSSR count). The van der Waals surface area contributed by atoms with Crippen molar-refractivity contribution in [1.29, 1.82) is 0 Å². The van der Waals surface area contributed by atoms with Gasteiger partial charge in [-0.05, 0) is 24.3 Å². The van der Waals surface area contributed by atoms with Crippen molar-refractivity contribution >= 4 is 11.5 Å². The zero-order valence-corrected chi connectivity index (χ0v) is 9.93. The van der Waals surface area contributed by atoms with Gasteiger partial charge in [0.25, 0.3) is 0 Å². The summed E-state index contributed by atoms with van der Waals surface area (Å²) in [7, 11) is 0. The molecule has 0 unspecified atom stereocenters. The number of rotatable bonds is 3. The summed E-state index contributed by atoms with van der Waals surface area (Å²) in [6, 6.07) is 9.40. The Morgan fingerprint density at radius 3 is 2.35 bits per heavy atom. The molecule has 1 aliphatic carbocycles. The number of carbonyl (C=O) groups is 1. The van der Waals surface area contributed by atoms with Crippen LogP contribution in [0.5, 0.6) is 0 Å². The fourth-order valence-corrected chi connectivity index (χ4v) is 2.45. The molecule has 0 bridgehead atoms. The van der Waals surface area contributed by atoms with Crippen molar-refractivity contribution in [3.05, 3.63) is 42.0 Å². The summed E-state index contributed by atoms with van der Waals surface area (Å²) < 4.78 is 0. The number of allylic oxidation sites excluding steroid dienone is 1. The Labute approximate surface area is 102 Å². The van der Waals surface area contributed by atoms with E-state index in [1.54, 1.807) is 0 Å². The van der Waals surface area contributed by atoms with Crippen molar-refractivity contribution in [3.8, 4) is 0 Å². The minimum absolute atomic E-state index is 0.440. The van der Waals surface area contributed by atoms with Gasteiger partial charge in [-0.3, -0.25) is 0 Å². The van der Waals surface area contributed by atoms with Crippen LogP contribution in [0, 0.1) is 5.92 Å². The lowest BCUT2D eigenvalue weighted by Gasteiger charge is -2.19. The van der Waals surface area contributed by atoms with Gasteiger partial charge in [0.2, 0.25) is 0 Å². The van der Waals surface area contributed by atoms with Gasteiger partial charge >= 0.3 is 5.97 Å². The van der Waals surface area contributed by atoms with Crippen molar-refractivity contribution in [1.82, 2.24) is 0 Å². The molecule has 0 heterocycles. The molecule has 1 fully saturated rings. The molecule has 0 aliphatic heterocycles. The lowest BCUT2D eigenvalue weighted by molar-refractivity contribution is -0.130. The molecule has 17 heavy (non-hydrogen) atoms. The second-order valence-corrected chi connectivity index (χ2v) is 4.65. The van der Waals surface area contributed by atoms with E-state index in [4.69, 9.17) is 0 Å². The van der Waals surface area contributed by atoms with E-state index < -0.39 is 5.97 Å². The molecule has 0 atom stereocenters. The van der Waals surface area contributed by atoms with Crippen molar-refractivity contribution in [2.75, 3.05) is 0 Å². The number of carboxylic acid groups (broad SMARTS) is 1. The average Bonchev–Trinajstić information content (AvgIpc) is 2.38. The highest BCUT2D eigenvalue weighted by Crippen LogP contribution is 2.28. The highest BCUT2D eigenvalue weighted by Gasteiger charge is 2.16. The first-order valence-electron chi connectivity index (χ1n) is 6.28. The van der Waals surface area contributed by atoms with E-state index in [1.165, 1.54) is 19.3 Å². The van der Waals surface area contributed by atoms with Crippen LogP contribution in [0.2, 0.25) is 0 Å². The predicted octanol–water partition coefficient (Wildman–Crippen LogP) is 3.73. The van der Waals surface area contributed by atoms with E-state index >= 15 is 0 Å². The van der Waals surface area contributed by atoms with Gasteiger partial charge in [0.1, 0.15) is 0 Å². The number of carboxylic acids is 1. The predicted molar refractivity (Wildman–Crippen MR) is 68.6 cm³/mol. The largest absolute Gasteiger partial charge is 0.478 e. The van der Waals surface area contributed by atoms with Crippen LogP contribution >= 0.6 is 0 Å². The molecule has 1 aromatic carbocycles. The molecular weight excluding hydrogens is 212 g/mol. The molecule has 0 radical (unpaired) electrons. The zero-order chi connectivity index (χ0) is 12.1. The normalized spacial score (nSPS) is 18.0. The van der Waals surface area contributed by atoms with E-state index in [1.807, 2.05) is 36.4 Å². The van der Waals surface area contributed by atoms with Gasteiger partial charge < -0.3 is 5.11 Å². The number of benzene rings is 1. The molecule has 0 saturated heterocycles. The summed E-state index contributed by atoms with van der Waals surface area (Å²) in [6.45, 7) is 0. The molecule has 1 aliphatic rings. The topological polar surface area (TPSA) is 37.3 Å². The third-order valence-corrected chi connectivity index (χ3v) is 3.37. The molecule has 1 N–H and O–H groups in total. The maximum absolute atomic E-state index is 11.3. The quantitative estimate of drug-likeness (QED) is 0.803. The SMILES string of the molecule is O=C(O)/C(=C/C1CCCCC1)c1ccccc1. The maximum Gasteiger partial charge on any atom is 0.335 e. The van der Waals surface area contributed by atoms with Crippen molar-refractivity contribution in [3.63, 3.8) is 0 Å². The molecule has 2 heteroatoms. The molecule has 0 spiro atoms. The third-order valence-electron chi connectivity index (χ3n) is 3.37. The van der Waals surface area contributed by atoms with E-state index in [0.717, 1.165) is 18.4 Å². The Kier molecular flexibility index (Phi) is 3.97.